The van der Waals surface area contributed by atoms with Gasteiger partial charge in [-0.15, -0.1) is 0 Å². The van der Waals surface area contributed by atoms with Crippen molar-refractivity contribution in [3.63, 3.8) is 0 Å². The number of carbonyl (C=O) groups is 1. The van der Waals surface area contributed by atoms with Gasteiger partial charge in [0.25, 0.3) is 0 Å². The standard InChI is InChI=1S/C9H9FO3/c10-9(13,8(11)12)6-7-4-2-1-3-5-7/h1-5,13H,6H2,(H,11,12). The maximum Gasteiger partial charge on any atom is 0.369 e. The first-order valence-electron chi connectivity index (χ1n) is 3.71. The molecule has 0 spiro atoms. The summed E-state index contributed by atoms with van der Waals surface area (Å²) in [6.45, 7) is 0. The van der Waals surface area contributed by atoms with Crippen LogP contribution in [-0.4, -0.2) is 22.0 Å². The minimum Gasteiger partial charge on any atom is -0.477 e. The fraction of sp³-hybridized carbons (Fsp3) is 0.222. The van der Waals surface area contributed by atoms with Gasteiger partial charge in [-0.3, -0.25) is 0 Å². The zero-order valence-electron chi connectivity index (χ0n) is 6.77. The van der Waals surface area contributed by atoms with Gasteiger partial charge >= 0.3 is 11.8 Å². The monoisotopic (exact) mass is 184 g/mol. The molecule has 1 aromatic carbocycles. The lowest BCUT2D eigenvalue weighted by Crippen LogP contribution is -2.35. The molecule has 0 fully saturated rings. The zero-order chi connectivity index (χ0) is 9.90. The molecule has 0 amide bonds. The molecule has 2 N–H and O–H groups in total. The molecule has 0 aliphatic carbocycles. The van der Waals surface area contributed by atoms with E-state index in [0.29, 0.717) is 5.56 Å². The molecule has 0 aliphatic rings. The first kappa shape index (κ1) is 9.67. The molecule has 0 aliphatic heterocycles. The van der Waals surface area contributed by atoms with Crippen LogP contribution in [0.1, 0.15) is 5.56 Å². The van der Waals surface area contributed by atoms with Crippen LogP contribution in [0.5, 0.6) is 0 Å². The zero-order valence-corrected chi connectivity index (χ0v) is 6.77. The average Bonchev–Trinajstić information content (AvgIpc) is 2.05. The Bertz CT molecular complexity index is 295. The van der Waals surface area contributed by atoms with Crippen LogP contribution >= 0.6 is 0 Å². The highest BCUT2D eigenvalue weighted by Crippen LogP contribution is 2.14. The van der Waals surface area contributed by atoms with Crippen LogP contribution in [0, 0.1) is 0 Å². The SMILES string of the molecule is O=C(O)C(O)(F)Cc1ccccc1. The van der Waals surface area contributed by atoms with Crippen molar-refractivity contribution in [2.24, 2.45) is 0 Å². The number of hydrogen-bond acceptors (Lipinski definition) is 2. The van der Waals surface area contributed by atoms with Crippen LogP contribution in [0.3, 0.4) is 0 Å². The van der Waals surface area contributed by atoms with E-state index in [1.807, 2.05) is 0 Å². The summed E-state index contributed by atoms with van der Waals surface area (Å²) in [4.78, 5) is 10.2. The van der Waals surface area contributed by atoms with E-state index < -0.39 is 18.2 Å². The van der Waals surface area contributed by atoms with E-state index in [-0.39, 0.29) is 0 Å². The van der Waals surface area contributed by atoms with Gasteiger partial charge in [0.05, 0.1) is 0 Å². The van der Waals surface area contributed by atoms with Crippen LogP contribution < -0.4 is 0 Å². The lowest BCUT2D eigenvalue weighted by molar-refractivity contribution is -0.179. The summed E-state index contributed by atoms with van der Waals surface area (Å²) in [5.74, 6) is -5.04. The maximum atomic E-state index is 12.9. The molecule has 0 saturated heterocycles. The van der Waals surface area contributed by atoms with Crippen LogP contribution in [0.15, 0.2) is 30.3 Å². The molecular weight excluding hydrogens is 175 g/mol. The van der Waals surface area contributed by atoms with E-state index >= 15 is 0 Å². The second-order valence-electron chi connectivity index (χ2n) is 2.73. The fourth-order valence-electron chi connectivity index (χ4n) is 0.942. The van der Waals surface area contributed by atoms with Crippen molar-refractivity contribution >= 4 is 5.97 Å². The van der Waals surface area contributed by atoms with Crippen LogP contribution in [0.4, 0.5) is 4.39 Å². The number of aliphatic hydroxyl groups is 1. The second kappa shape index (κ2) is 3.53. The molecule has 1 atom stereocenters. The van der Waals surface area contributed by atoms with Crippen molar-refractivity contribution in [3.05, 3.63) is 35.9 Å². The van der Waals surface area contributed by atoms with Crippen LogP contribution in [0.25, 0.3) is 0 Å². The molecule has 1 aromatic rings. The van der Waals surface area contributed by atoms with Gasteiger partial charge in [-0.05, 0) is 5.56 Å². The highest BCUT2D eigenvalue weighted by atomic mass is 19.2. The predicted octanol–water partition coefficient (Wildman–Crippen LogP) is 0.972. The van der Waals surface area contributed by atoms with Gasteiger partial charge in [0, 0.05) is 6.42 Å². The third kappa shape index (κ3) is 2.52. The molecule has 3 nitrogen and oxygen atoms in total. The van der Waals surface area contributed by atoms with E-state index in [4.69, 9.17) is 10.2 Å². The Morgan fingerprint density at radius 1 is 1.38 bits per heavy atom. The molecule has 0 bridgehead atoms. The van der Waals surface area contributed by atoms with Crippen molar-refractivity contribution in [2.45, 2.75) is 12.3 Å². The Morgan fingerprint density at radius 2 is 1.92 bits per heavy atom. The van der Waals surface area contributed by atoms with E-state index in [1.165, 1.54) is 0 Å². The Morgan fingerprint density at radius 3 is 2.38 bits per heavy atom. The van der Waals surface area contributed by atoms with Crippen molar-refractivity contribution in [2.75, 3.05) is 0 Å². The summed E-state index contributed by atoms with van der Waals surface area (Å²) in [6.07, 6.45) is -0.539. The Kier molecular flexibility index (Phi) is 2.63. The Balaban J connectivity index is 2.75. The molecule has 1 unspecified atom stereocenters. The average molecular weight is 184 g/mol. The minimum absolute atomic E-state index is 0.440. The molecule has 4 heteroatoms. The number of carboxylic acids is 1. The third-order valence-corrected chi connectivity index (χ3v) is 1.61. The molecule has 0 heterocycles. The number of hydrogen-bond donors (Lipinski definition) is 2. The van der Waals surface area contributed by atoms with Gasteiger partial charge < -0.3 is 10.2 Å². The molecule has 13 heavy (non-hydrogen) atoms. The molecular formula is C9H9FO3. The molecule has 0 saturated carbocycles. The number of aliphatic carboxylic acids is 1. The topological polar surface area (TPSA) is 57.5 Å². The summed E-state index contributed by atoms with van der Waals surface area (Å²) in [6, 6.07) is 8.11. The van der Waals surface area contributed by atoms with E-state index in [0.717, 1.165) is 0 Å². The lowest BCUT2D eigenvalue weighted by Gasteiger charge is -2.12. The van der Waals surface area contributed by atoms with Gasteiger partial charge in [0.15, 0.2) is 0 Å². The molecule has 0 aromatic heterocycles. The number of halogens is 1. The largest absolute Gasteiger partial charge is 0.477 e. The highest BCUT2D eigenvalue weighted by Gasteiger charge is 2.35. The number of carboxylic acid groups (broad SMARTS) is 1. The molecule has 70 valence electrons. The number of benzene rings is 1. The third-order valence-electron chi connectivity index (χ3n) is 1.61. The summed E-state index contributed by atoms with van der Waals surface area (Å²) in [5.41, 5.74) is 0.440. The van der Waals surface area contributed by atoms with Gasteiger partial charge in [-0.2, -0.15) is 4.39 Å². The van der Waals surface area contributed by atoms with Crippen molar-refractivity contribution in [1.82, 2.24) is 0 Å². The summed E-state index contributed by atoms with van der Waals surface area (Å²) in [7, 11) is 0. The van der Waals surface area contributed by atoms with Crippen molar-refractivity contribution in [1.29, 1.82) is 0 Å². The van der Waals surface area contributed by atoms with Gasteiger partial charge in [-0.1, -0.05) is 30.3 Å². The number of alkyl halides is 1. The van der Waals surface area contributed by atoms with Gasteiger partial charge in [0.2, 0.25) is 0 Å². The van der Waals surface area contributed by atoms with E-state index in [1.54, 1.807) is 30.3 Å². The summed E-state index contributed by atoms with van der Waals surface area (Å²) < 4.78 is 12.9. The first-order valence-corrected chi connectivity index (χ1v) is 3.71. The summed E-state index contributed by atoms with van der Waals surface area (Å²) >= 11 is 0. The Labute approximate surface area is 74.4 Å². The van der Waals surface area contributed by atoms with Crippen molar-refractivity contribution < 1.29 is 19.4 Å². The van der Waals surface area contributed by atoms with Crippen LogP contribution in [0.2, 0.25) is 0 Å². The normalized spacial score (nSPS) is 14.9. The van der Waals surface area contributed by atoms with Crippen molar-refractivity contribution in [3.8, 4) is 0 Å². The maximum absolute atomic E-state index is 12.9. The minimum atomic E-state index is -3.18. The molecule has 1 rings (SSSR count). The lowest BCUT2D eigenvalue weighted by atomic mass is 10.1. The molecule has 0 radical (unpaired) electrons. The predicted molar refractivity (Wildman–Crippen MR) is 43.8 cm³/mol. The number of rotatable bonds is 3. The van der Waals surface area contributed by atoms with E-state index in [2.05, 4.69) is 0 Å². The van der Waals surface area contributed by atoms with Crippen LogP contribution in [-0.2, 0) is 11.2 Å². The van der Waals surface area contributed by atoms with E-state index in [9.17, 15) is 9.18 Å². The quantitative estimate of drug-likeness (QED) is 0.735. The smallest absolute Gasteiger partial charge is 0.369 e. The summed E-state index contributed by atoms with van der Waals surface area (Å²) in [5, 5.41) is 17.1. The fourth-order valence-corrected chi connectivity index (χ4v) is 0.942. The van der Waals surface area contributed by atoms with Gasteiger partial charge in [0.1, 0.15) is 0 Å². The first-order chi connectivity index (χ1) is 6.02. The Hall–Kier alpha value is -1.42. The second-order valence-corrected chi connectivity index (χ2v) is 2.73. The highest BCUT2D eigenvalue weighted by molar-refractivity contribution is 5.75. The van der Waals surface area contributed by atoms with Gasteiger partial charge in [-0.25, -0.2) is 4.79 Å².